The molecule has 2 nitrogen and oxygen atoms in total. The van der Waals surface area contributed by atoms with E-state index in [1.54, 1.807) is 0 Å². The van der Waals surface area contributed by atoms with Crippen LogP contribution in [-0.2, 0) is 4.79 Å². The van der Waals surface area contributed by atoms with E-state index in [2.05, 4.69) is 4.99 Å². The van der Waals surface area contributed by atoms with E-state index in [0.29, 0.717) is 4.91 Å². The second-order valence-electron chi connectivity index (χ2n) is 2.91. The molecule has 1 aliphatic heterocycles. The maximum atomic E-state index is 11.5. The monoisotopic (exact) mass is 235 g/mol. The maximum absolute atomic E-state index is 11.5. The van der Waals surface area contributed by atoms with E-state index in [1.165, 1.54) is 23.5 Å². The van der Waals surface area contributed by atoms with Gasteiger partial charge in [0, 0.05) is 0 Å². The maximum Gasteiger partial charge on any atom is 0.285 e. The molecule has 0 aromatic heterocycles. The number of nitrogens with zero attached hydrogens (tertiary/aromatic N) is 1. The Hall–Kier alpha value is -1.00. The summed E-state index contributed by atoms with van der Waals surface area (Å²) in [5.41, 5.74) is 1.03. The number of amides is 1. The summed E-state index contributed by atoms with van der Waals surface area (Å²) >= 11 is 2.94. The van der Waals surface area contributed by atoms with Crippen molar-refractivity contribution in [2.45, 2.75) is 0 Å². The topological polar surface area (TPSA) is 29.4 Å². The van der Waals surface area contributed by atoms with Crippen LogP contribution in [0.1, 0.15) is 5.56 Å². The van der Waals surface area contributed by atoms with Crippen LogP contribution in [0.2, 0.25) is 0 Å². The van der Waals surface area contributed by atoms with E-state index in [-0.39, 0.29) is 5.91 Å². The van der Waals surface area contributed by atoms with Gasteiger partial charge in [-0.2, -0.15) is 4.99 Å². The standard InChI is InChI=1S/C11H9NOS2/c1-14-11-12-10(13)9(15-11)7-8-5-3-2-4-6-8/h2-7H,1H3/b9-7-. The van der Waals surface area contributed by atoms with E-state index in [9.17, 15) is 4.79 Å². The molecule has 0 fully saturated rings. The first-order valence-corrected chi connectivity index (χ1v) is 6.45. The number of thioether (sulfide) groups is 2. The molecule has 1 amide bonds. The lowest BCUT2D eigenvalue weighted by Crippen LogP contribution is -1.87. The van der Waals surface area contributed by atoms with Crippen molar-refractivity contribution in [3.63, 3.8) is 0 Å². The van der Waals surface area contributed by atoms with Crippen LogP contribution in [0.4, 0.5) is 0 Å². The lowest BCUT2D eigenvalue weighted by molar-refractivity contribution is -0.113. The Labute approximate surface area is 96.9 Å². The molecule has 1 aliphatic rings. The molecule has 1 aromatic carbocycles. The van der Waals surface area contributed by atoms with Crippen LogP contribution < -0.4 is 0 Å². The largest absolute Gasteiger partial charge is 0.285 e. The van der Waals surface area contributed by atoms with Crippen LogP contribution >= 0.6 is 23.5 Å². The average Bonchev–Trinajstić information content (AvgIpc) is 2.61. The van der Waals surface area contributed by atoms with E-state index in [4.69, 9.17) is 0 Å². The molecule has 4 heteroatoms. The van der Waals surface area contributed by atoms with Crippen molar-refractivity contribution in [3.8, 4) is 0 Å². The highest BCUT2D eigenvalue weighted by molar-refractivity contribution is 8.40. The third-order valence-corrected chi connectivity index (χ3v) is 3.84. The summed E-state index contributed by atoms with van der Waals surface area (Å²) < 4.78 is 0.821. The smallest absolute Gasteiger partial charge is 0.266 e. The SMILES string of the molecule is CSC1=NC(=O)/C(=C/c2ccccc2)S1. The molecular weight excluding hydrogens is 226 g/mol. The quantitative estimate of drug-likeness (QED) is 0.701. The normalized spacial score (nSPS) is 18.3. The zero-order valence-corrected chi connectivity index (χ0v) is 9.77. The van der Waals surface area contributed by atoms with Gasteiger partial charge in [-0.25, -0.2) is 0 Å². The lowest BCUT2D eigenvalue weighted by atomic mass is 10.2. The second kappa shape index (κ2) is 4.68. The van der Waals surface area contributed by atoms with Gasteiger partial charge in [-0.15, -0.1) is 11.8 Å². The number of hydrogen-bond donors (Lipinski definition) is 0. The predicted octanol–water partition coefficient (Wildman–Crippen LogP) is 3.02. The third kappa shape index (κ3) is 2.52. The number of hydrogen-bond acceptors (Lipinski definition) is 3. The molecule has 0 saturated heterocycles. The minimum absolute atomic E-state index is 0.131. The van der Waals surface area contributed by atoms with Crippen molar-refractivity contribution in [1.82, 2.24) is 0 Å². The molecule has 0 spiro atoms. The molecular formula is C11H9NOS2. The Morgan fingerprint density at radius 2 is 2.07 bits per heavy atom. The number of rotatable bonds is 1. The summed E-state index contributed by atoms with van der Waals surface area (Å²) in [4.78, 5) is 16.1. The van der Waals surface area contributed by atoms with Gasteiger partial charge in [-0.3, -0.25) is 4.79 Å². The van der Waals surface area contributed by atoms with Gasteiger partial charge < -0.3 is 0 Å². The van der Waals surface area contributed by atoms with Gasteiger partial charge in [0.1, 0.15) is 4.38 Å². The van der Waals surface area contributed by atoms with Crippen LogP contribution in [0, 0.1) is 0 Å². The molecule has 1 heterocycles. The van der Waals surface area contributed by atoms with Crippen molar-refractivity contribution < 1.29 is 4.79 Å². The molecule has 76 valence electrons. The summed E-state index contributed by atoms with van der Waals surface area (Å²) in [6, 6.07) is 9.80. The summed E-state index contributed by atoms with van der Waals surface area (Å²) in [5, 5.41) is 0. The Morgan fingerprint density at radius 1 is 1.33 bits per heavy atom. The fraction of sp³-hybridized carbons (Fsp3) is 0.0909. The van der Waals surface area contributed by atoms with Crippen LogP contribution in [0.5, 0.6) is 0 Å². The first-order valence-electron chi connectivity index (χ1n) is 4.41. The van der Waals surface area contributed by atoms with Crippen molar-refractivity contribution in [1.29, 1.82) is 0 Å². The van der Waals surface area contributed by atoms with Crippen molar-refractivity contribution in [3.05, 3.63) is 40.8 Å². The molecule has 1 aromatic rings. The van der Waals surface area contributed by atoms with Crippen molar-refractivity contribution in [2.75, 3.05) is 6.26 Å². The molecule has 0 radical (unpaired) electrons. The Bertz CT molecular complexity index is 437. The lowest BCUT2D eigenvalue weighted by Gasteiger charge is -1.94. The number of carbonyl (C=O) groups excluding carboxylic acids is 1. The van der Waals surface area contributed by atoms with E-state index in [0.717, 1.165) is 9.94 Å². The highest BCUT2D eigenvalue weighted by Crippen LogP contribution is 2.32. The zero-order valence-electron chi connectivity index (χ0n) is 8.14. The number of benzene rings is 1. The van der Waals surface area contributed by atoms with E-state index in [1.807, 2.05) is 42.7 Å². The summed E-state index contributed by atoms with van der Waals surface area (Å²) in [6.45, 7) is 0. The van der Waals surface area contributed by atoms with Crippen molar-refractivity contribution in [2.24, 2.45) is 4.99 Å². The van der Waals surface area contributed by atoms with Gasteiger partial charge in [0.2, 0.25) is 0 Å². The van der Waals surface area contributed by atoms with Crippen LogP contribution in [0.3, 0.4) is 0 Å². The first kappa shape index (κ1) is 10.5. The van der Waals surface area contributed by atoms with Gasteiger partial charge in [0.25, 0.3) is 5.91 Å². The van der Waals surface area contributed by atoms with E-state index < -0.39 is 0 Å². The minimum Gasteiger partial charge on any atom is -0.266 e. The fourth-order valence-corrected chi connectivity index (χ4v) is 2.60. The summed E-state index contributed by atoms with van der Waals surface area (Å²) in [6.07, 6.45) is 3.80. The number of carbonyl (C=O) groups is 1. The number of aliphatic imine (C=N–C) groups is 1. The van der Waals surface area contributed by atoms with Crippen LogP contribution in [-0.4, -0.2) is 16.5 Å². The molecule has 15 heavy (non-hydrogen) atoms. The highest BCUT2D eigenvalue weighted by Gasteiger charge is 2.20. The highest BCUT2D eigenvalue weighted by atomic mass is 32.2. The second-order valence-corrected chi connectivity index (χ2v) is 4.99. The predicted molar refractivity (Wildman–Crippen MR) is 68.0 cm³/mol. The third-order valence-electron chi connectivity index (χ3n) is 1.87. The Balaban J connectivity index is 2.21. The molecule has 0 N–H and O–H groups in total. The molecule has 0 aliphatic carbocycles. The van der Waals surface area contributed by atoms with Gasteiger partial charge in [-0.1, -0.05) is 42.1 Å². The summed E-state index contributed by atoms with van der Waals surface area (Å²) in [5.74, 6) is -0.131. The van der Waals surface area contributed by atoms with Crippen LogP contribution in [0.15, 0.2) is 40.2 Å². The molecule has 0 atom stereocenters. The van der Waals surface area contributed by atoms with Gasteiger partial charge in [0.05, 0.1) is 4.91 Å². The molecule has 0 bridgehead atoms. The van der Waals surface area contributed by atoms with Gasteiger partial charge >= 0.3 is 0 Å². The first-order chi connectivity index (χ1) is 7.29. The zero-order chi connectivity index (χ0) is 10.7. The Kier molecular flexibility index (Phi) is 3.28. The summed E-state index contributed by atoms with van der Waals surface area (Å²) in [7, 11) is 0. The van der Waals surface area contributed by atoms with Gasteiger partial charge in [-0.05, 0) is 17.9 Å². The molecule has 2 rings (SSSR count). The van der Waals surface area contributed by atoms with Crippen molar-refractivity contribution >= 4 is 39.9 Å². The molecule has 0 unspecified atom stereocenters. The average molecular weight is 235 g/mol. The van der Waals surface area contributed by atoms with E-state index >= 15 is 0 Å². The minimum atomic E-state index is -0.131. The molecule has 0 saturated carbocycles. The van der Waals surface area contributed by atoms with Gasteiger partial charge in [0.15, 0.2) is 0 Å². The van der Waals surface area contributed by atoms with Crippen LogP contribution in [0.25, 0.3) is 6.08 Å². The fourth-order valence-electron chi connectivity index (χ4n) is 1.18. The Morgan fingerprint density at radius 3 is 2.67 bits per heavy atom.